The maximum absolute atomic E-state index is 11.5. The Kier molecular flexibility index (Phi) is 6.29. The first-order chi connectivity index (χ1) is 17.3. The first kappa shape index (κ1) is 24.6. The molecule has 2 N–H and O–H groups in total. The van der Waals surface area contributed by atoms with Gasteiger partial charge in [0.05, 0.1) is 10.6 Å². The van der Waals surface area contributed by atoms with Gasteiger partial charge in [-0.2, -0.15) is 0 Å². The second kappa shape index (κ2) is 9.22. The van der Waals surface area contributed by atoms with Crippen LogP contribution in [0.2, 0.25) is 5.02 Å². The smallest absolute Gasteiger partial charge is 0.134 e. The molecule has 5 heteroatoms. The molecule has 6 rings (SSSR count). The average molecular weight is 510 g/mol. The van der Waals surface area contributed by atoms with E-state index in [1.54, 1.807) is 6.07 Å². The van der Waals surface area contributed by atoms with Gasteiger partial charge in [-0.3, -0.25) is 4.90 Å². The van der Waals surface area contributed by atoms with Gasteiger partial charge in [-0.1, -0.05) is 36.7 Å². The van der Waals surface area contributed by atoms with Crippen molar-refractivity contribution in [2.75, 3.05) is 26.2 Å². The Balaban J connectivity index is 1.31. The van der Waals surface area contributed by atoms with Gasteiger partial charge in [0.15, 0.2) is 0 Å². The first-order valence-corrected chi connectivity index (χ1v) is 14.3. The molecule has 1 saturated heterocycles. The number of aliphatic hydroxyl groups is 1. The number of fused-ring (bicyclic) bond motifs is 5. The fourth-order valence-electron chi connectivity index (χ4n) is 8.39. The normalized spacial score (nSPS) is 35.8. The van der Waals surface area contributed by atoms with E-state index < -0.39 is 5.60 Å². The van der Waals surface area contributed by atoms with Crippen molar-refractivity contribution in [1.29, 1.82) is 0 Å². The molecule has 194 valence electrons. The van der Waals surface area contributed by atoms with Gasteiger partial charge >= 0.3 is 0 Å². The molecule has 4 nitrogen and oxygen atoms in total. The zero-order chi connectivity index (χ0) is 25.1. The fraction of sp³-hybridized carbons (Fsp3) is 0.613. The van der Waals surface area contributed by atoms with Crippen LogP contribution in [0.15, 0.2) is 36.4 Å². The van der Waals surface area contributed by atoms with Crippen LogP contribution in [0.5, 0.6) is 11.5 Å². The van der Waals surface area contributed by atoms with Crippen molar-refractivity contribution in [1.82, 2.24) is 4.90 Å². The molecule has 1 heterocycles. The van der Waals surface area contributed by atoms with Crippen LogP contribution in [0.4, 0.5) is 0 Å². The van der Waals surface area contributed by atoms with Crippen molar-refractivity contribution in [3.05, 3.63) is 58.1 Å². The zero-order valence-corrected chi connectivity index (χ0v) is 22.4. The van der Waals surface area contributed by atoms with Crippen LogP contribution < -0.4 is 4.74 Å². The van der Waals surface area contributed by atoms with Crippen LogP contribution in [0.25, 0.3) is 0 Å². The van der Waals surface area contributed by atoms with E-state index in [0.717, 1.165) is 56.6 Å². The lowest BCUT2D eigenvalue weighted by atomic mass is 9.49. The minimum absolute atomic E-state index is 0.109. The average Bonchev–Trinajstić information content (AvgIpc) is 3.47. The first-order valence-electron chi connectivity index (χ1n) is 14.0. The second-order valence-corrected chi connectivity index (χ2v) is 12.7. The van der Waals surface area contributed by atoms with Crippen LogP contribution >= 0.6 is 11.6 Å². The number of aromatic hydroxyl groups is 1. The summed E-state index contributed by atoms with van der Waals surface area (Å²) < 4.78 is 6.10. The van der Waals surface area contributed by atoms with Crippen molar-refractivity contribution in [3.8, 4) is 11.5 Å². The third-order valence-electron chi connectivity index (χ3n) is 10.6. The highest BCUT2D eigenvalue weighted by molar-refractivity contribution is 6.32. The van der Waals surface area contributed by atoms with Crippen molar-refractivity contribution in [2.24, 2.45) is 17.3 Å². The van der Waals surface area contributed by atoms with Crippen LogP contribution in [0.1, 0.15) is 80.9 Å². The summed E-state index contributed by atoms with van der Waals surface area (Å²) in [5.41, 5.74) is 2.99. The van der Waals surface area contributed by atoms with E-state index >= 15 is 0 Å². The Morgan fingerprint density at radius 1 is 1.06 bits per heavy atom. The second-order valence-electron chi connectivity index (χ2n) is 12.3. The maximum Gasteiger partial charge on any atom is 0.134 e. The molecule has 2 aromatic carbocycles. The van der Waals surface area contributed by atoms with Gasteiger partial charge in [0.25, 0.3) is 0 Å². The predicted molar refractivity (Wildman–Crippen MR) is 144 cm³/mol. The molecule has 6 atom stereocenters. The number of benzene rings is 2. The molecule has 0 bridgehead atoms. The third kappa shape index (κ3) is 3.95. The highest BCUT2D eigenvalue weighted by Crippen LogP contribution is 2.68. The van der Waals surface area contributed by atoms with E-state index in [1.165, 1.54) is 37.1 Å². The summed E-state index contributed by atoms with van der Waals surface area (Å²) in [6.07, 6.45) is 7.48. The Hall–Kier alpha value is -1.75. The minimum atomic E-state index is -0.646. The number of phenols is 1. The Labute approximate surface area is 220 Å². The number of nitrogens with zero attached hydrogens (tertiary/aromatic N) is 1. The Morgan fingerprint density at radius 3 is 2.56 bits per heavy atom. The van der Waals surface area contributed by atoms with Gasteiger partial charge in [-0.15, -0.1) is 0 Å². The van der Waals surface area contributed by atoms with Crippen LogP contribution in [-0.2, 0) is 6.42 Å². The molecule has 0 unspecified atom stereocenters. The number of likely N-dealkylation sites (tertiary alicyclic amines) is 1. The summed E-state index contributed by atoms with van der Waals surface area (Å²) >= 11 is 6.63. The summed E-state index contributed by atoms with van der Waals surface area (Å²) in [6.45, 7) is 8.51. The largest absolute Gasteiger partial charge is 0.506 e. The lowest BCUT2D eigenvalue weighted by Crippen LogP contribution is -2.51. The van der Waals surface area contributed by atoms with Gasteiger partial charge in [-0.25, -0.2) is 0 Å². The minimum Gasteiger partial charge on any atom is -0.506 e. The van der Waals surface area contributed by atoms with Crippen molar-refractivity contribution in [2.45, 2.75) is 76.2 Å². The Morgan fingerprint density at radius 2 is 1.81 bits per heavy atom. The summed E-state index contributed by atoms with van der Waals surface area (Å²) in [4.78, 5) is 2.48. The number of phenolic OH excluding ortho intramolecular Hbond substituents is 1. The summed E-state index contributed by atoms with van der Waals surface area (Å²) in [5, 5.41) is 22.4. The van der Waals surface area contributed by atoms with Gasteiger partial charge in [0.2, 0.25) is 0 Å². The molecule has 0 radical (unpaired) electrons. The molecule has 0 spiro atoms. The molecular weight excluding hydrogens is 470 g/mol. The van der Waals surface area contributed by atoms with Crippen LogP contribution in [0.3, 0.4) is 0 Å². The summed E-state index contributed by atoms with van der Waals surface area (Å²) in [6, 6.07) is 12.6. The van der Waals surface area contributed by atoms with Crippen molar-refractivity contribution in [3.63, 3.8) is 0 Å². The molecule has 3 fully saturated rings. The quantitative estimate of drug-likeness (QED) is 0.481. The van der Waals surface area contributed by atoms with E-state index in [9.17, 15) is 10.2 Å². The summed E-state index contributed by atoms with van der Waals surface area (Å²) in [5.74, 6) is 2.76. The number of rotatable bonds is 5. The summed E-state index contributed by atoms with van der Waals surface area (Å²) in [7, 11) is 0. The third-order valence-corrected chi connectivity index (χ3v) is 11.0. The molecule has 4 aliphatic rings. The zero-order valence-electron chi connectivity index (χ0n) is 21.7. The lowest BCUT2D eigenvalue weighted by molar-refractivity contribution is -0.0963. The van der Waals surface area contributed by atoms with Gasteiger partial charge in [0, 0.05) is 6.54 Å². The van der Waals surface area contributed by atoms with E-state index in [-0.39, 0.29) is 11.2 Å². The van der Waals surface area contributed by atoms with Gasteiger partial charge in [-0.05, 0) is 129 Å². The number of ether oxygens (including phenoxy) is 1. The predicted octanol–water partition coefficient (Wildman–Crippen LogP) is 6.52. The van der Waals surface area contributed by atoms with E-state index in [0.29, 0.717) is 28.7 Å². The molecule has 0 amide bonds. The molecule has 3 aliphatic carbocycles. The molecular formula is C31H40ClNO3. The monoisotopic (exact) mass is 509 g/mol. The molecule has 36 heavy (non-hydrogen) atoms. The van der Waals surface area contributed by atoms with Crippen LogP contribution in [0, 0.1) is 17.3 Å². The van der Waals surface area contributed by atoms with Gasteiger partial charge in [0.1, 0.15) is 18.1 Å². The number of halogens is 1. The van der Waals surface area contributed by atoms with E-state index in [1.807, 2.05) is 0 Å². The van der Waals surface area contributed by atoms with Crippen molar-refractivity contribution < 1.29 is 14.9 Å². The SMILES string of the molecule is C[C@]1(O)CC[C@H]2[C@@H]3CCc4c(ccc(O)c4Cl)[C@H]3[C@@H](c3ccc(OCCN4CCCC4)cc3)C[C@@]21C. The van der Waals surface area contributed by atoms with Gasteiger partial charge < -0.3 is 14.9 Å². The topological polar surface area (TPSA) is 52.9 Å². The molecule has 2 saturated carbocycles. The van der Waals surface area contributed by atoms with Crippen molar-refractivity contribution >= 4 is 11.6 Å². The van der Waals surface area contributed by atoms with Crippen LogP contribution in [-0.4, -0.2) is 47.0 Å². The number of hydrogen-bond donors (Lipinski definition) is 2. The highest BCUT2D eigenvalue weighted by atomic mass is 35.5. The molecule has 0 aromatic heterocycles. The lowest BCUT2D eigenvalue weighted by Gasteiger charge is -2.56. The fourth-order valence-corrected chi connectivity index (χ4v) is 8.66. The Bertz CT molecular complexity index is 1110. The molecule has 1 aliphatic heterocycles. The molecule has 2 aromatic rings. The van der Waals surface area contributed by atoms with E-state index in [4.69, 9.17) is 16.3 Å². The maximum atomic E-state index is 11.5. The van der Waals surface area contributed by atoms with E-state index in [2.05, 4.69) is 49.1 Å². The highest BCUT2D eigenvalue weighted by Gasteiger charge is 2.62. The number of hydrogen-bond acceptors (Lipinski definition) is 4. The standard InChI is InChI=1S/C31H40ClNO3/c1-30-19-25(20-5-7-21(8-6-20)36-18-17-33-15-3-4-16-33)28-22-11-12-27(34)29(32)23(22)9-10-24(28)26(30)13-14-31(30,2)35/h5-8,11-12,24-26,28,34-35H,3-4,9-10,13-19H2,1-2H3/t24-,25+,26-,28+,30-,31-/m0/s1.